The summed E-state index contributed by atoms with van der Waals surface area (Å²) in [6.07, 6.45) is 3.79. The van der Waals surface area contributed by atoms with Crippen molar-refractivity contribution in [1.29, 1.82) is 0 Å². The van der Waals surface area contributed by atoms with Crippen LogP contribution in [0, 0.1) is 22.7 Å². The molecule has 1 aliphatic heterocycles. The van der Waals surface area contributed by atoms with Crippen molar-refractivity contribution in [2.24, 2.45) is 10.8 Å². The largest absolute Gasteiger partial charge is 0.462 e. The molecule has 2 fully saturated rings. The van der Waals surface area contributed by atoms with E-state index < -0.39 is 5.60 Å². The molecule has 0 bridgehead atoms. The van der Waals surface area contributed by atoms with Gasteiger partial charge in [-0.15, -0.1) is 0 Å². The van der Waals surface area contributed by atoms with Crippen LogP contribution in [0.4, 0.5) is 0 Å². The standard InChI is InChI=1S/C25H29NO3/c1-7-28-21(27)19-15-18-14-17(8-9-20(18)26-16-19)10-11-25-23(4,5)13-12-22(2,3)24(25,6)29-25/h8-9,14-16H,7,12-13H2,1-6H3. The van der Waals surface area contributed by atoms with E-state index in [-0.39, 0.29) is 22.4 Å². The third kappa shape index (κ3) is 2.87. The molecule has 4 nitrogen and oxygen atoms in total. The molecule has 1 saturated heterocycles. The van der Waals surface area contributed by atoms with Crippen LogP contribution in [-0.4, -0.2) is 28.8 Å². The minimum atomic E-state index is -0.429. The zero-order valence-electron chi connectivity index (χ0n) is 18.2. The predicted molar refractivity (Wildman–Crippen MR) is 114 cm³/mol. The quantitative estimate of drug-likeness (QED) is 0.404. The number of aromatic nitrogens is 1. The number of ether oxygens (including phenoxy) is 2. The number of fused-ring (bicyclic) bond motifs is 2. The number of benzene rings is 1. The van der Waals surface area contributed by atoms with Crippen LogP contribution in [0.15, 0.2) is 30.5 Å². The molecule has 1 aromatic heterocycles. The molecule has 0 spiro atoms. The molecule has 1 aromatic carbocycles. The van der Waals surface area contributed by atoms with Gasteiger partial charge >= 0.3 is 5.97 Å². The number of nitrogens with zero attached hydrogens (tertiary/aromatic N) is 1. The topological polar surface area (TPSA) is 51.7 Å². The molecule has 1 saturated carbocycles. The fraction of sp³-hybridized carbons (Fsp3) is 0.520. The molecular weight excluding hydrogens is 362 g/mol. The second-order valence-electron chi connectivity index (χ2n) is 9.69. The Hall–Kier alpha value is -2.38. The Bertz CT molecular complexity index is 1060. The van der Waals surface area contributed by atoms with Crippen LogP contribution in [-0.2, 0) is 9.47 Å². The number of epoxide rings is 1. The summed E-state index contributed by atoms with van der Waals surface area (Å²) < 4.78 is 11.5. The lowest BCUT2D eigenvalue weighted by atomic mass is 9.55. The number of esters is 1. The van der Waals surface area contributed by atoms with Crippen LogP contribution in [0.25, 0.3) is 10.9 Å². The average molecular weight is 392 g/mol. The monoisotopic (exact) mass is 391 g/mol. The molecule has 4 heteroatoms. The lowest BCUT2D eigenvalue weighted by molar-refractivity contribution is 0.0526. The highest BCUT2D eigenvalue weighted by molar-refractivity contribution is 5.93. The van der Waals surface area contributed by atoms with Gasteiger partial charge in [0.15, 0.2) is 5.60 Å². The van der Waals surface area contributed by atoms with E-state index in [1.807, 2.05) is 24.3 Å². The number of pyridine rings is 1. The van der Waals surface area contributed by atoms with Crippen LogP contribution in [0.2, 0.25) is 0 Å². The molecule has 1 aliphatic carbocycles. The van der Waals surface area contributed by atoms with Gasteiger partial charge in [-0.2, -0.15) is 0 Å². The van der Waals surface area contributed by atoms with Crippen molar-refractivity contribution in [3.8, 4) is 11.8 Å². The molecule has 152 valence electrons. The Kier molecular flexibility index (Phi) is 4.33. The first-order chi connectivity index (χ1) is 13.6. The van der Waals surface area contributed by atoms with Crippen molar-refractivity contribution in [3.63, 3.8) is 0 Å². The van der Waals surface area contributed by atoms with E-state index in [1.165, 1.54) is 0 Å². The van der Waals surface area contributed by atoms with Crippen LogP contribution in [0.5, 0.6) is 0 Å². The van der Waals surface area contributed by atoms with Gasteiger partial charge in [0.25, 0.3) is 0 Å². The Morgan fingerprint density at radius 2 is 1.86 bits per heavy atom. The lowest BCUT2D eigenvalue weighted by Crippen LogP contribution is -2.49. The number of rotatable bonds is 2. The summed E-state index contributed by atoms with van der Waals surface area (Å²) in [6.45, 7) is 13.4. The molecule has 0 amide bonds. The van der Waals surface area contributed by atoms with E-state index in [2.05, 4.69) is 51.4 Å². The third-order valence-corrected chi connectivity index (χ3v) is 7.18. The molecule has 2 aromatic rings. The lowest BCUT2D eigenvalue weighted by Gasteiger charge is -2.43. The van der Waals surface area contributed by atoms with E-state index in [4.69, 9.17) is 9.47 Å². The molecule has 0 radical (unpaired) electrons. The van der Waals surface area contributed by atoms with Gasteiger partial charge in [0, 0.05) is 22.6 Å². The molecule has 2 aliphatic rings. The van der Waals surface area contributed by atoms with E-state index in [0.717, 1.165) is 29.3 Å². The average Bonchev–Trinajstić information content (AvgIpc) is 3.33. The van der Waals surface area contributed by atoms with Crippen molar-refractivity contribution in [2.45, 2.75) is 65.6 Å². The van der Waals surface area contributed by atoms with Gasteiger partial charge in [-0.3, -0.25) is 4.98 Å². The molecule has 4 rings (SSSR count). The molecule has 29 heavy (non-hydrogen) atoms. The molecule has 2 atom stereocenters. The van der Waals surface area contributed by atoms with E-state index in [1.54, 1.807) is 13.1 Å². The minimum absolute atomic E-state index is 0.000244. The van der Waals surface area contributed by atoms with Crippen molar-refractivity contribution >= 4 is 16.9 Å². The van der Waals surface area contributed by atoms with Gasteiger partial charge in [-0.25, -0.2) is 4.79 Å². The van der Waals surface area contributed by atoms with Gasteiger partial charge < -0.3 is 9.47 Å². The first kappa shape index (κ1) is 19.9. The minimum Gasteiger partial charge on any atom is -0.462 e. The Labute approximate surface area is 173 Å². The summed E-state index contributed by atoms with van der Waals surface area (Å²) in [5.41, 5.74) is 1.61. The summed E-state index contributed by atoms with van der Waals surface area (Å²) in [7, 11) is 0. The van der Waals surface area contributed by atoms with E-state index >= 15 is 0 Å². The highest BCUT2D eigenvalue weighted by Gasteiger charge is 2.80. The fourth-order valence-electron chi connectivity index (χ4n) is 4.73. The number of hydrogen-bond acceptors (Lipinski definition) is 4. The smallest absolute Gasteiger partial charge is 0.339 e. The first-order valence-electron chi connectivity index (χ1n) is 10.4. The Balaban J connectivity index is 1.70. The van der Waals surface area contributed by atoms with Crippen LogP contribution in [0.1, 0.15) is 70.3 Å². The molecule has 2 heterocycles. The highest BCUT2D eigenvalue weighted by Crippen LogP contribution is 2.71. The highest BCUT2D eigenvalue weighted by atomic mass is 16.6. The van der Waals surface area contributed by atoms with Gasteiger partial charge in [-0.1, -0.05) is 39.5 Å². The second kappa shape index (κ2) is 6.31. The maximum absolute atomic E-state index is 12.0. The molecule has 2 unspecified atom stereocenters. The summed E-state index contributed by atoms with van der Waals surface area (Å²) in [5.74, 6) is 6.52. The van der Waals surface area contributed by atoms with E-state index in [0.29, 0.717) is 12.2 Å². The van der Waals surface area contributed by atoms with Crippen LogP contribution >= 0.6 is 0 Å². The summed E-state index contributed by atoms with van der Waals surface area (Å²) in [6, 6.07) is 7.71. The van der Waals surface area contributed by atoms with E-state index in [9.17, 15) is 4.79 Å². The summed E-state index contributed by atoms with van der Waals surface area (Å²) in [4.78, 5) is 16.4. The third-order valence-electron chi connectivity index (χ3n) is 7.18. The van der Waals surface area contributed by atoms with Crippen molar-refractivity contribution in [1.82, 2.24) is 4.98 Å². The second-order valence-corrected chi connectivity index (χ2v) is 9.69. The van der Waals surface area contributed by atoms with Gasteiger partial charge in [0.2, 0.25) is 0 Å². The van der Waals surface area contributed by atoms with Crippen molar-refractivity contribution in [3.05, 3.63) is 41.6 Å². The number of hydrogen-bond donors (Lipinski definition) is 0. The number of carbonyl (C=O) groups excluding carboxylic acids is 1. The SMILES string of the molecule is CCOC(=O)c1cnc2ccc(C#CC34OC3(C)C(C)(C)CCC4(C)C)cc2c1. The predicted octanol–water partition coefficient (Wildman–Crippen LogP) is 5.14. The first-order valence-corrected chi connectivity index (χ1v) is 10.4. The Morgan fingerprint density at radius 3 is 2.59 bits per heavy atom. The van der Waals surface area contributed by atoms with Gasteiger partial charge in [-0.05, 0) is 56.4 Å². The van der Waals surface area contributed by atoms with Gasteiger partial charge in [0.1, 0.15) is 5.60 Å². The maximum Gasteiger partial charge on any atom is 0.339 e. The fourth-order valence-corrected chi connectivity index (χ4v) is 4.73. The molecule has 0 N–H and O–H groups in total. The Morgan fingerprint density at radius 1 is 1.14 bits per heavy atom. The summed E-state index contributed by atoms with van der Waals surface area (Å²) in [5, 5.41) is 0.877. The van der Waals surface area contributed by atoms with Crippen molar-refractivity contribution < 1.29 is 14.3 Å². The van der Waals surface area contributed by atoms with Gasteiger partial charge in [0.05, 0.1) is 17.7 Å². The summed E-state index contributed by atoms with van der Waals surface area (Å²) >= 11 is 0. The molecular formula is C25H29NO3. The van der Waals surface area contributed by atoms with Crippen LogP contribution in [0.3, 0.4) is 0 Å². The zero-order chi connectivity index (χ0) is 21.1. The number of carbonyl (C=O) groups is 1. The van der Waals surface area contributed by atoms with Crippen LogP contribution < -0.4 is 0 Å². The zero-order valence-corrected chi connectivity index (χ0v) is 18.2. The normalized spacial score (nSPS) is 28.8. The maximum atomic E-state index is 12.0. The van der Waals surface area contributed by atoms with Crippen molar-refractivity contribution in [2.75, 3.05) is 6.61 Å².